The van der Waals surface area contributed by atoms with E-state index in [1.54, 1.807) is 0 Å². The summed E-state index contributed by atoms with van der Waals surface area (Å²) in [6.45, 7) is 0. The Labute approximate surface area is 153 Å². The molecule has 1 aliphatic heterocycles. The standard InChI is InChI=1S/C22H13NS2/c1-2-6-14-10-17-15(9-13(14)5-1)16-11-21-22(12-18(16)23-17)25-20-8-4-3-7-19(20)24-21/h1-12,23H. The quantitative estimate of drug-likeness (QED) is 0.313. The van der Waals surface area contributed by atoms with Gasteiger partial charge >= 0.3 is 0 Å². The molecule has 1 aromatic heterocycles. The van der Waals surface area contributed by atoms with Crippen molar-refractivity contribution in [2.24, 2.45) is 0 Å². The van der Waals surface area contributed by atoms with Crippen LogP contribution in [0.3, 0.4) is 0 Å². The van der Waals surface area contributed by atoms with E-state index in [2.05, 4.69) is 77.8 Å². The molecular weight excluding hydrogens is 342 g/mol. The monoisotopic (exact) mass is 355 g/mol. The number of nitrogens with one attached hydrogen (secondary N) is 1. The van der Waals surface area contributed by atoms with Gasteiger partial charge in [0.05, 0.1) is 0 Å². The Morgan fingerprint density at radius 2 is 1.08 bits per heavy atom. The van der Waals surface area contributed by atoms with Gasteiger partial charge < -0.3 is 4.98 Å². The van der Waals surface area contributed by atoms with Crippen LogP contribution in [0.2, 0.25) is 0 Å². The largest absolute Gasteiger partial charge is 0.354 e. The average Bonchev–Trinajstić information content (AvgIpc) is 2.98. The van der Waals surface area contributed by atoms with Gasteiger partial charge in [-0.05, 0) is 47.2 Å². The van der Waals surface area contributed by atoms with Crippen LogP contribution in [-0.2, 0) is 0 Å². The second-order valence-electron chi connectivity index (χ2n) is 6.37. The summed E-state index contributed by atoms with van der Waals surface area (Å²) >= 11 is 3.75. The first-order chi connectivity index (χ1) is 12.3. The van der Waals surface area contributed by atoms with Gasteiger partial charge in [-0.2, -0.15) is 0 Å². The Balaban J connectivity index is 1.64. The van der Waals surface area contributed by atoms with Crippen molar-refractivity contribution < 1.29 is 0 Å². The van der Waals surface area contributed by atoms with E-state index in [9.17, 15) is 0 Å². The Bertz CT molecular complexity index is 1300. The van der Waals surface area contributed by atoms with Crippen LogP contribution in [0.1, 0.15) is 0 Å². The van der Waals surface area contributed by atoms with E-state index in [4.69, 9.17) is 0 Å². The molecule has 3 heteroatoms. The lowest BCUT2D eigenvalue weighted by Crippen LogP contribution is -1.88. The highest BCUT2D eigenvalue weighted by atomic mass is 32.2. The van der Waals surface area contributed by atoms with Crippen LogP contribution in [0.5, 0.6) is 0 Å². The van der Waals surface area contributed by atoms with Crippen molar-refractivity contribution in [1.29, 1.82) is 0 Å². The van der Waals surface area contributed by atoms with Crippen LogP contribution in [-0.4, -0.2) is 4.98 Å². The lowest BCUT2D eigenvalue weighted by atomic mass is 10.1. The van der Waals surface area contributed by atoms with Crippen LogP contribution in [0.4, 0.5) is 0 Å². The normalized spacial score (nSPS) is 13.3. The summed E-state index contributed by atoms with van der Waals surface area (Å²) in [5.74, 6) is 0. The molecule has 0 amide bonds. The summed E-state index contributed by atoms with van der Waals surface area (Å²) in [5, 5.41) is 5.19. The maximum atomic E-state index is 3.62. The maximum Gasteiger partial charge on any atom is 0.0477 e. The van der Waals surface area contributed by atoms with Crippen LogP contribution >= 0.6 is 23.5 Å². The van der Waals surface area contributed by atoms with Crippen LogP contribution < -0.4 is 0 Å². The zero-order chi connectivity index (χ0) is 16.4. The Hall–Kier alpha value is -2.36. The van der Waals surface area contributed by atoms with Crippen molar-refractivity contribution in [3.63, 3.8) is 0 Å². The molecule has 0 saturated heterocycles. The molecule has 5 aromatic rings. The molecule has 4 aromatic carbocycles. The van der Waals surface area contributed by atoms with Crippen molar-refractivity contribution >= 4 is 56.1 Å². The predicted molar refractivity (Wildman–Crippen MR) is 108 cm³/mol. The first-order valence-electron chi connectivity index (χ1n) is 8.28. The SMILES string of the molecule is c1ccc2c(c1)Sc1cc3[nH]c4cc5ccccc5cc4c3cc1S2. The third-order valence-corrected chi connectivity index (χ3v) is 7.34. The molecule has 0 spiro atoms. The molecule has 118 valence electrons. The molecule has 0 aliphatic carbocycles. The molecule has 6 rings (SSSR count). The topological polar surface area (TPSA) is 15.8 Å². The Kier molecular flexibility index (Phi) is 2.81. The molecule has 1 nitrogen and oxygen atoms in total. The summed E-state index contributed by atoms with van der Waals surface area (Å²) in [6.07, 6.45) is 0. The Morgan fingerprint density at radius 1 is 0.520 bits per heavy atom. The predicted octanol–water partition coefficient (Wildman–Crippen LogP) is 7.09. The minimum atomic E-state index is 1.21. The number of fused-ring (bicyclic) bond motifs is 6. The van der Waals surface area contributed by atoms with E-state index in [1.807, 2.05) is 23.5 Å². The van der Waals surface area contributed by atoms with Crippen LogP contribution in [0, 0.1) is 0 Å². The third kappa shape index (κ3) is 2.06. The molecule has 0 fully saturated rings. The van der Waals surface area contributed by atoms with E-state index >= 15 is 0 Å². The highest BCUT2D eigenvalue weighted by Gasteiger charge is 2.18. The van der Waals surface area contributed by atoms with Crippen LogP contribution in [0.25, 0.3) is 32.6 Å². The van der Waals surface area contributed by atoms with Gasteiger partial charge in [-0.1, -0.05) is 59.9 Å². The minimum absolute atomic E-state index is 1.21. The van der Waals surface area contributed by atoms with Gasteiger partial charge in [-0.15, -0.1) is 0 Å². The van der Waals surface area contributed by atoms with Crippen LogP contribution in [0.15, 0.2) is 92.4 Å². The highest BCUT2D eigenvalue weighted by Crippen LogP contribution is 2.50. The van der Waals surface area contributed by atoms with Gasteiger partial charge in [-0.3, -0.25) is 0 Å². The summed E-state index contributed by atoms with van der Waals surface area (Å²) in [7, 11) is 0. The molecule has 0 atom stereocenters. The zero-order valence-electron chi connectivity index (χ0n) is 13.2. The van der Waals surface area contributed by atoms with Gasteiger partial charge in [0.25, 0.3) is 0 Å². The van der Waals surface area contributed by atoms with Crippen molar-refractivity contribution in [2.45, 2.75) is 19.6 Å². The molecule has 0 saturated carbocycles. The lowest BCUT2D eigenvalue weighted by molar-refractivity contribution is 1.17. The summed E-state index contributed by atoms with van der Waals surface area (Å²) < 4.78 is 0. The van der Waals surface area contributed by atoms with Gasteiger partial charge in [0.1, 0.15) is 0 Å². The average molecular weight is 355 g/mol. The highest BCUT2D eigenvalue weighted by molar-refractivity contribution is 8.05. The van der Waals surface area contributed by atoms with Gasteiger partial charge in [0.2, 0.25) is 0 Å². The number of rotatable bonds is 0. The number of hydrogen-bond donors (Lipinski definition) is 1. The van der Waals surface area contributed by atoms with Crippen molar-refractivity contribution in [3.8, 4) is 0 Å². The molecule has 0 unspecified atom stereocenters. The lowest BCUT2D eigenvalue weighted by Gasteiger charge is -2.18. The second kappa shape index (κ2) is 5.07. The second-order valence-corrected chi connectivity index (χ2v) is 8.53. The number of H-pyrrole nitrogens is 1. The maximum absolute atomic E-state index is 3.62. The van der Waals surface area contributed by atoms with Gasteiger partial charge in [0, 0.05) is 41.4 Å². The van der Waals surface area contributed by atoms with Crippen molar-refractivity contribution in [3.05, 3.63) is 72.8 Å². The summed E-state index contributed by atoms with van der Waals surface area (Å²) in [6, 6.07) is 26.5. The molecule has 25 heavy (non-hydrogen) atoms. The number of aromatic amines is 1. The van der Waals surface area contributed by atoms with E-state index in [0.717, 1.165) is 0 Å². The first kappa shape index (κ1) is 13.9. The molecule has 1 N–H and O–H groups in total. The summed E-state index contributed by atoms with van der Waals surface area (Å²) in [5.41, 5.74) is 2.43. The smallest absolute Gasteiger partial charge is 0.0477 e. The van der Waals surface area contributed by atoms with Gasteiger partial charge in [-0.25, -0.2) is 0 Å². The molecule has 2 heterocycles. The van der Waals surface area contributed by atoms with E-state index in [1.165, 1.54) is 52.2 Å². The Morgan fingerprint density at radius 3 is 1.84 bits per heavy atom. The fourth-order valence-electron chi connectivity index (χ4n) is 3.61. The molecular formula is C22H13NS2. The fourth-order valence-corrected chi connectivity index (χ4v) is 5.89. The van der Waals surface area contributed by atoms with E-state index < -0.39 is 0 Å². The minimum Gasteiger partial charge on any atom is -0.354 e. The fraction of sp³-hybridized carbons (Fsp3) is 0. The number of benzene rings is 4. The van der Waals surface area contributed by atoms with Crippen molar-refractivity contribution in [2.75, 3.05) is 0 Å². The molecule has 0 radical (unpaired) electrons. The number of aromatic nitrogens is 1. The summed E-state index contributed by atoms with van der Waals surface area (Å²) in [4.78, 5) is 9.01. The van der Waals surface area contributed by atoms with Crippen molar-refractivity contribution in [1.82, 2.24) is 4.98 Å². The molecule has 0 bridgehead atoms. The number of hydrogen-bond acceptors (Lipinski definition) is 2. The van der Waals surface area contributed by atoms with Gasteiger partial charge in [0.15, 0.2) is 0 Å². The van der Waals surface area contributed by atoms with E-state index in [-0.39, 0.29) is 0 Å². The molecule has 1 aliphatic rings. The first-order valence-corrected chi connectivity index (χ1v) is 9.91. The third-order valence-electron chi connectivity index (χ3n) is 4.82. The van der Waals surface area contributed by atoms with E-state index in [0.29, 0.717) is 0 Å². The zero-order valence-corrected chi connectivity index (χ0v) is 14.9.